The zero-order valence-corrected chi connectivity index (χ0v) is 12.2. The topological polar surface area (TPSA) is 49.0 Å². The third-order valence-corrected chi connectivity index (χ3v) is 3.98. The van der Waals surface area contributed by atoms with Gasteiger partial charge in [-0.15, -0.1) is 0 Å². The SMILES string of the molecule is C=CC(=O)N1CCC[C@@H]1c1nc(-c2ccccc2)c(C)[nH]1. The van der Waals surface area contributed by atoms with Gasteiger partial charge in [-0.25, -0.2) is 4.98 Å². The standard InChI is InChI=1S/C17H19N3O/c1-3-15(21)20-11-7-10-14(20)17-18-12(2)16(19-17)13-8-5-4-6-9-13/h3-6,8-9,14H,1,7,10-11H2,2H3,(H,18,19)/t14-/m1/s1. The van der Waals surface area contributed by atoms with Crippen molar-refractivity contribution >= 4 is 5.91 Å². The van der Waals surface area contributed by atoms with Gasteiger partial charge in [-0.2, -0.15) is 0 Å². The van der Waals surface area contributed by atoms with Crippen molar-refractivity contribution in [2.24, 2.45) is 0 Å². The van der Waals surface area contributed by atoms with Crippen LogP contribution in [0, 0.1) is 6.92 Å². The molecule has 1 N–H and O–H groups in total. The highest BCUT2D eigenvalue weighted by Gasteiger charge is 2.31. The number of aromatic nitrogens is 2. The third kappa shape index (κ3) is 2.49. The van der Waals surface area contributed by atoms with E-state index in [0.29, 0.717) is 0 Å². The largest absolute Gasteiger partial charge is 0.344 e. The van der Waals surface area contributed by atoms with Crippen LogP contribution in [-0.4, -0.2) is 27.3 Å². The Morgan fingerprint density at radius 1 is 1.43 bits per heavy atom. The van der Waals surface area contributed by atoms with Gasteiger partial charge in [-0.05, 0) is 25.8 Å². The Kier molecular flexibility index (Phi) is 3.60. The van der Waals surface area contributed by atoms with Crippen molar-refractivity contribution in [2.45, 2.75) is 25.8 Å². The highest BCUT2D eigenvalue weighted by Crippen LogP contribution is 2.32. The minimum Gasteiger partial charge on any atom is -0.344 e. The van der Waals surface area contributed by atoms with E-state index >= 15 is 0 Å². The predicted octanol–water partition coefficient (Wildman–Crippen LogP) is 3.23. The molecule has 3 rings (SSSR count). The number of aryl methyl sites for hydroxylation is 1. The second-order valence-corrected chi connectivity index (χ2v) is 5.36. The zero-order valence-electron chi connectivity index (χ0n) is 12.2. The Labute approximate surface area is 124 Å². The number of aromatic amines is 1. The number of hydrogen-bond donors (Lipinski definition) is 1. The molecule has 0 radical (unpaired) electrons. The summed E-state index contributed by atoms with van der Waals surface area (Å²) in [5.74, 6) is 0.854. The van der Waals surface area contributed by atoms with Gasteiger partial charge >= 0.3 is 0 Å². The van der Waals surface area contributed by atoms with E-state index in [1.165, 1.54) is 6.08 Å². The Morgan fingerprint density at radius 3 is 2.90 bits per heavy atom. The van der Waals surface area contributed by atoms with Crippen LogP contribution >= 0.6 is 0 Å². The number of H-pyrrole nitrogens is 1. The molecule has 0 spiro atoms. The van der Waals surface area contributed by atoms with E-state index in [-0.39, 0.29) is 11.9 Å². The molecule has 0 bridgehead atoms. The van der Waals surface area contributed by atoms with Crippen LogP contribution in [-0.2, 0) is 4.79 Å². The summed E-state index contributed by atoms with van der Waals surface area (Å²) in [6.07, 6.45) is 3.33. The Hall–Kier alpha value is -2.36. The molecule has 2 heterocycles. The van der Waals surface area contributed by atoms with E-state index in [1.54, 1.807) is 0 Å². The fourth-order valence-corrected chi connectivity index (χ4v) is 2.95. The minimum absolute atomic E-state index is 0.0205. The number of likely N-dealkylation sites (tertiary alicyclic amines) is 1. The van der Waals surface area contributed by atoms with Crippen LogP contribution in [0.1, 0.15) is 30.4 Å². The Morgan fingerprint density at radius 2 is 2.19 bits per heavy atom. The van der Waals surface area contributed by atoms with Crippen LogP contribution in [0.4, 0.5) is 0 Å². The molecule has 4 nitrogen and oxygen atoms in total. The highest BCUT2D eigenvalue weighted by atomic mass is 16.2. The van der Waals surface area contributed by atoms with Crippen LogP contribution in [0.2, 0.25) is 0 Å². The maximum atomic E-state index is 11.9. The first-order valence-corrected chi connectivity index (χ1v) is 7.25. The first-order valence-electron chi connectivity index (χ1n) is 7.25. The number of nitrogens with zero attached hydrogens (tertiary/aromatic N) is 2. The van der Waals surface area contributed by atoms with E-state index in [2.05, 4.69) is 11.6 Å². The molecule has 1 aliphatic heterocycles. The lowest BCUT2D eigenvalue weighted by molar-refractivity contribution is -0.127. The molecule has 0 saturated carbocycles. The number of benzene rings is 1. The summed E-state index contributed by atoms with van der Waals surface area (Å²) >= 11 is 0. The molecular weight excluding hydrogens is 262 g/mol. The summed E-state index contributed by atoms with van der Waals surface area (Å²) < 4.78 is 0. The fraction of sp³-hybridized carbons (Fsp3) is 0.294. The van der Waals surface area contributed by atoms with Crippen molar-refractivity contribution in [3.05, 3.63) is 54.5 Å². The van der Waals surface area contributed by atoms with E-state index in [9.17, 15) is 4.79 Å². The maximum absolute atomic E-state index is 11.9. The number of imidazole rings is 1. The molecule has 1 atom stereocenters. The van der Waals surface area contributed by atoms with E-state index in [4.69, 9.17) is 4.98 Å². The Balaban J connectivity index is 1.94. The van der Waals surface area contributed by atoms with Crippen LogP contribution in [0.15, 0.2) is 43.0 Å². The van der Waals surface area contributed by atoms with Gasteiger partial charge in [0.2, 0.25) is 5.91 Å². The number of amides is 1. The van der Waals surface area contributed by atoms with Gasteiger partial charge in [0, 0.05) is 17.8 Å². The lowest BCUT2D eigenvalue weighted by atomic mass is 10.1. The molecule has 21 heavy (non-hydrogen) atoms. The van der Waals surface area contributed by atoms with Crippen LogP contribution in [0.25, 0.3) is 11.3 Å². The predicted molar refractivity (Wildman–Crippen MR) is 82.6 cm³/mol. The molecule has 1 aromatic carbocycles. The summed E-state index contributed by atoms with van der Waals surface area (Å²) in [7, 11) is 0. The number of carbonyl (C=O) groups excluding carboxylic acids is 1. The van der Waals surface area contributed by atoms with Gasteiger partial charge in [-0.3, -0.25) is 4.79 Å². The zero-order chi connectivity index (χ0) is 14.8. The molecule has 4 heteroatoms. The number of nitrogens with one attached hydrogen (secondary N) is 1. The molecule has 1 aromatic heterocycles. The van der Waals surface area contributed by atoms with Gasteiger partial charge in [0.25, 0.3) is 0 Å². The summed E-state index contributed by atoms with van der Waals surface area (Å²) in [6.45, 7) is 6.38. The van der Waals surface area contributed by atoms with E-state index < -0.39 is 0 Å². The summed E-state index contributed by atoms with van der Waals surface area (Å²) in [5.41, 5.74) is 3.09. The fourth-order valence-electron chi connectivity index (χ4n) is 2.95. The molecule has 1 fully saturated rings. The second-order valence-electron chi connectivity index (χ2n) is 5.36. The third-order valence-electron chi connectivity index (χ3n) is 3.98. The molecule has 0 aliphatic carbocycles. The van der Waals surface area contributed by atoms with Crippen LogP contribution in [0.5, 0.6) is 0 Å². The number of hydrogen-bond acceptors (Lipinski definition) is 2. The van der Waals surface area contributed by atoms with Crippen LogP contribution in [0.3, 0.4) is 0 Å². The average Bonchev–Trinajstić information content (AvgIpc) is 3.13. The average molecular weight is 281 g/mol. The van der Waals surface area contributed by atoms with Crippen molar-refractivity contribution < 1.29 is 4.79 Å². The number of rotatable bonds is 3. The van der Waals surface area contributed by atoms with E-state index in [1.807, 2.05) is 42.2 Å². The normalized spacial score (nSPS) is 18.0. The monoisotopic (exact) mass is 281 g/mol. The summed E-state index contributed by atoms with van der Waals surface area (Å²) in [6, 6.07) is 10.1. The minimum atomic E-state index is -0.0205. The van der Waals surface area contributed by atoms with Crippen molar-refractivity contribution in [1.82, 2.24) is 14.9 Å². The van der Waals surface area contributed by atoms with Crippen molar-refractivity contribution in [3.63, 3.8) is 0 Å². The summed E-state index contributed by atoms with van der Waals surface area (Å²) in [4.78, 5) is 21.9. The second kappa shape index (κ2) is 5.56. The molecule has 1 amide bonds. The van der Waals surface area contributed by atoms with Crippen LogP contribution < -0.4 is 0 Å². The van der Waals surface area contributed by atoms with E-state index in [0.717, 1.165) is 42.2 Å². The number of carbonyl (C=O) groups is 1. The maximum Gasteiger partial charge on any atom is 0.246 e. The molecule has 1 saturated heterocycles. The van der Waals surface area contributed by atoms with Crippen molar-refractivity contribution in [3.8, 4) is 11.3 Å². The van der Waals surface area contributed by atoms with Gasteiger partial charge in [0.05, 0.1) is 11.7 Å². The van der Waals surface area contributed by atoms with Gasteiger partial charge in [0.1, 0.15) is 5.82 Å². The van der Waals surface area contributed by atoms with Crippen molar-refractivity contribution in [2.75, 3.05) is 6.54 Å². The first kappa shape index (κ1) is 13.6. The molecular formula is C17H19N3O. The smallest absolute Gasteiger partial charge is 0.246 e. The molecule has 0 unspecified atom stereocenters. The van der Waals surface area contributed by atoms with Gasteiger partial charge < -0.3 is 9.88 Å². The Bertz CT molecular complexity index is 660. The highest BCUT2D eigenvalue weighted by molar-refractivity contribution is 5.87. The van der Waals surface area contributed by atoms with Crippen molar-refractivity contribution in [1.29, 1.82) is 0 Å². The molecule has 1 aliphatic rings. The first-order chi connectivity index (χ1) is 10.2. The molecule has 2 aromatic rings. The molecule has 108 valence electrons. The lowest BCUT2D eigenvalue weighted by Gasteiger charge is -2.21. The van der Waals surface area contributed by atoms with Gasteiger partial charge in [-0.1, -0.05) is 36.9 Å². The van der Waals surface area contributed by atoms with Gasteiger partial charge in [0.15, 0.2) is 0 Å². The summed E-state index contributed by atoms with van der Waals surface area (Å²) in [5, 5.41) is 0. The lowest BCUT2D eigenvalue weighted by Crippen LogP contribution is -2.29. The quantitative estimate of drug-likeness (QED) is 0.878.